The van der Waals surface area contributed by atoms with E-state index in [1.807, 2.05) is 4.90 Å². The molecule has 152 valence electrons. The summed E-state index contributed by atoms with van der Waals surface area (Å²) < 4.78 is 18.5. The number of guanidine groups is 1. The molecule has 2 N–H and O–H groups in total. The quantitative estimate of drug-likeness (QED) is 0.190. The van der Waals surface area contributed by atoms with E-state index in [0.717, 1.165) is 44.7 Å². The molecule has 0 aliphatic carbocycles. The van der Waals surface area contributed by atoms with Crippen LogP contribution in [0.15, 0.2) is 23.3 Å². The van der Waals surface area contributed by atoms with E-state index in [0.29, 0.717) is 18.8 Å². The van der Waals surface area contributed by atoms with Crippen molar-refractivity contribution in [1.29, 1.82) is 0 Å². The summed E-state index contributed by atoms with van der Waals surface area (Å²) >= 11 is 0. The Hall–Kier alpha value is -1.65. The number of halogens is 2. The standard InChI is InChI=1S/C18H28FN5O2.HI/c1-20-18(22-10-5-3-4-8-16(25)26-2)23-14-9-12-24(13-14)17-15(19)7-6-11-21-17;/h6-7,11,14H,3-5,8-10,12-13H2,1-2H3,(H2,20,22,23);1H. The molecule has 27 heavy (non-hydrogen) atoms. The maximum Gasteiger partial charge on any atom is 0.305 e. The number of methoxy groups -OCH3 is 1. The van der Waals surface area contributed by atoms with Gasteiger partial charge in [-0.2, -0.15) is 0 Å². The maximum atomic E-state index is 13.8. The van der Waals surface area contributed by atoms with Crippen LogP contribution in [-0.2, 0) is 9.53 Å². The number of carbonyl (C=O) groups excluding carboxylic acids is 1. The fourth-order valence-electron chi connectivity index (χ4n) is 2.95. The van der Waals surface area contributed by atoms with Crippen LogP contribution in [0.4, 0.5) is 10.2 Å². The van der Waals surface area contributed by atoms with Gasteiger partial charge >= 0.3 is 5.97 Å². The first-order valence-corrected chi connectivity index (χ1v) is 9.03. The Morgan fingerprint density at radius 2 is 2.26 bits per heavy atom. The van der Waals surface area contributed by atoms with Gasteiger partial charge in [0, 0.05) is 45.3 Å². The highest BCUT2D eigenvalue weighted by atomic mass is 127. The minimum Gasteiger partial charge on any atom is -0.469 e. The predicted octanol–water partition coefficient (Wildman–Crippen LogP) is 2.32. The van der Waals surface area contributed by atoms with Gasteiger partial charge in [-0.3, -0.25) is 9.79 Å². The lowest BCUT2D eigenvalue weighted by atomic mass is 10.2. The molecule has 1 atom stereocenters. The Morgan fingerprint density at radius 3 is 2.96 bits per heavy atom. The third-order valence-corrected chi connectivity index (χ3v) is 4.37. The number of hydrogen-bond donors (Lipinski definition) is 2. The van der Waals surface area contributed by atoms with Crippen LogP contribution >= 0.6 is 24.0 Å². The SMILES string of the molecule is CN=C(NCCCCCC(=O)OC)NC1CCN(c2ncccc2F)C1.I. The number of pyridine rings is 1. The molecule has 1 aromatic heterocycles. The van der Waals surface area contributed by atoms with Crippen LogP contribution in [-0.4, -0.2) is 56.7 Å². The molecule has 1 aliphatic heterocycles. The van der Waals surface area contributed by atoms with E-state index in [-0.39, 0.29) is 41.8 Å². The summed E-state index contributed by atoms with van der Waals surface area (Å²) in [6.07, 6.45) is 5.71. The summed E-state index contributed by atoms with van der Waals surface area (Å²) in [4.78, 5) is 21.4. The summed E-state index contributed by atoms with van der Waals surface area (Å²) in [5, 5.41) is 6.65. The van der Waals surface area contributed by atoms with E-state index < -0.39 is 0 Å². The van der Waals surface area contributed by atoms with Crippen molar-refractivity contribution in [3.63, 3.8) is 0 Å². The van der Waals surface area contributed by atoms with Gasteiger partial charge in [-0.25, -0.2) is 9.37 Å². The summed E-state index contributed by atoms with van der Waals surface area (Å²) in [6.45, 7) is 2.23. The number of rotatable bonds is 8. The second-order valence-corrected chi connectivity index (χ2v) is 6.27. The molecule has 0 saturated carbocycles. The Labute approximate surface area is 177 Å². The highest BCUT2D eigenvalue weighted by Gasteiger charge is 2.25. The molecule has 1 fully saturated rings. The normalized spacial score (nSPS) is 16.6. The third kappa shape index (κ3) is 7.86. The summed E-state index contributed by atoms with van der Waals surface area (Å²) in [5.74, 6) is 0.699. The van der Waals surface area contributed by atoms with Crippen LogP contribution in [0.1, 0.15) is 32.1 Å². The number of aromatic nitrogens is 1. The minimum absolute atomic E-state index is 0. The molecule has 2 rings (SSSR count). The van der Waals surface area contributed by atoms with Gasteiger partial charge in [-0.1, -0.05) is 6.42 Å². The van der Waals surface area contributed by atoms with Gasteiger partial charge < -0.3 is 20.3 Å². The molecule has 1 saturated heterocycles. The van der Waals surface area contributed by atoms with E-state index >= 15 is 0 Å². The number of aliphatic imine (C=N–C) groups is 1. The van der Waals surface area contributed by atoms with E-state index in [2.05, 4.69) is 25.3 Å². The Morgan fingerprint density at radius 1 is 1.44 bits per heavy atom. The monoisotopic (exact) mass is 493 g/mol. The van der Waals surface area contributed by atoms with Crippen molar-refractivity contribution in [2.45, 2.75) is 38.1 Å². The number of nitrogens with one attached hydrogen (secondary N) is 2. The average Bonchev–Trinajstić information content (AvgIpc) is 3.11. The van der Waals surface area contributed by atoms with Crippen LogP contribution in [0.5, 0.6) is 0 Å². The summed E-state index contributed by atoms with van der Waals surface area (Å²) in [6, 6.07) is 3.23. The lowest BCUT2D eigenvalue weighted by molar-refractivity contribution is -0.140. The third-order valence-electron chi connectivity index (χ3n) is 4.37. The lowest BCUT2D eigenvalue weighted by Crippen LogP contribution is -2.45. The average molecular weight is 493 g/mol. The van der Waals surface area contributed by atoms with Gasteiger partial charge in [0.1, 0.15) is 0 Å². The molecule has 0 bridgehead atoms. The van der Waals surface area contributed by atoms with E-state index in [1.165, 1.54) is 13.2 Å². The number of anilines is 1. The van der Waals surface area contributed by atoms with Gasteiger partial charge in [0.25, 0.3) is 0 Å². The topological polar surface area (TPSA) is 78.8 Å². The highest BCUT2D eigenvalue weighted by molar-refractivity contribution is 14.0. The first-order valence-electron chi connectivity index (χ1n) is 9.03. The van der Waals surface area contributed by atoms with Crippen LogP contribution in [0, 0.1) is 5.82 Å². The van der Waals surface area contributed by atoms with E-state index in [9.17, 15) is 9.18 Å². The number of esters is 1. The Kier molecular flexibility index (Phi) is 11.0. The number of hydrogen-bond acceptors (Lipinski definition) is 5. The number of ether oxygens (including phenoxy) is 1. The van der Waals surface area contributed by atoms with Gasteiger partial charge in [-0.05, 0) is 31.4 Å². The smallest absolute Gasteiger partial charge is 0.305 e. The summed E-state index contributed by atoms with van der Waals surface area (Å²) in [7, 11) is 3.14. The van der Waals surface area contributed by atoms with Gasteiger partial charge in [0.15, 0.2) is 17.6 Å². The predicted molar refractivity (Wildman–Crippen MR) is 115 cm³/mol. The number of carbonyl (C=O) groups is 1. The molecule has 7 nitrogen and oxygen atoms in total. The second-order valence-electron chi connectivity index (χ2n) is 6.27. The highest BCUT2D eigenvalue weighted by Crippen LogP contribution is 2.20. The molecule has 9 heteroatoms. The van der Waals surface area contributed by atoms with Crippen molar-refractivity contribution in [1.82, 2.24) is 15.6 Å². The molecular weight excluding hydrogens is 464 g/mol. The molecule has 1 aliphatic rings. The molecule has 0 aromatic carbocycles. The van der Waals surface area contributed by atoms with E-state index in [1.54, 1.807) is 19.3 Å². The van der Waals surface area contributed by atoms with Crippen LogP contribution in [0.2, 0.25) is 0 Å². The molecule has 1 aromatic rings. The largest absolute Gasteiger partial charge is 0.469 e. The van der Waals surface area contributed by atoms with Gasteiger partial charge in [-0.15, -0.1) is 24.0 Å². The Balaban J connectivity index is 0.00000364. The van der Waals surface area contributed by atoms with Crippen LogP contribution in [0.3, 0.4) is 0 Å². The summed E-state index contributed by atoms with van der Waals surface area (Å²) in [5.41, 5.74) is 0. The number of nitrogens with zero attached hydrogens (tertiary/aromatic N) is 3. The number of unbranched alkanes of at least 4 members (excludes halogenated alkanes) is 2. The van der Waals surface area contributed by atoms with Gasteiger partial charge in [0.2, 0.25) is 0 Å². The van der Waals surface area contributed by atoms with Crippen LogP contribution in [0.25, 0.3) is 0 Å². The fourth-order valence-corrected chi connectivity index (χ4v) is 2.95. The fraction of sp³-hybridized carbons (Fsp3) is 0.611. The first kappa shape index (κ1) is 23.4. The van der Waals surface area contributed by atoms with Gasteiger partial charge in [0.05, 0.1) is 7.11 Å². The van der Waals surface area contributed by atoms with Crippen molar-refractivity contribution >= 4 is 41.7 Å². The zero-order chi connectivity index (χ0) is 18.8. The maximum absolute atomic E-state index is 13.8. The molecular formula is C18H29FIN5O2. The second kappa shape index (κ2) is 12.7. The zero-order valence-corrected chi connectivity index (χ0v) is 18.2. The van der Waals surface area contributed by atoms with Crippen molar-refractivity contribution in [3.8, 4) is 0 Å². The molecule has 0 radical (unpaired) electrons. The molecule has 0 amide bonds. The molecule has 2 heterocycles. The van der Waals surface area contributed by atoms with Crippen molar-refractivity contribution < 1.29 is 13.9 Å². The van der Waals surface area contributed by atoms with Crippen LogP contribution < -0.4 is 15.5 Å². The van der Waals surface area contributed by atoms with Crippen molar-refractivity contribution in [3.05, 3.63) is 24.1 Å². The minimum atomic E-state index is -0.289. The van der Waals surface area contributed by atoms with Crippen molar-refractivity contribution in [2.75, 3.05) is 38.7 Å². The molecule has 1 unspecified atom stereocenters. The van der Waals surface area contributed by atoms with E-state index in [4.69, 9.17) is 0 Å². The lowest BCUT2D eigenvalue weighted by Gasteiger charge is -2.20. The van der Waals surface area contributed by atoms with Crippen molar-refractivity contribution in [2.24, 2.45) is 4.99 Å². The first-order chi connectivity index (χ1) is 12.6. The molecule has 0 spiro atoms. The Bertz CT molecular complexity index is 617. The zero-order valence-electron chi connectivity index (χ0n) is 15.9.